The average Bonchev–Trinajstić information content (AvgIpc) is 3.04. The molecule has 1 amide bonds. The van der Waals surface area contributed by atoms with Crippen LogP contribution in [-0.4, -0.2) is 49.0 Å². The van der Waals surface area contributed by atoms with E-state index in [2.05, 4.69) is 20.5 Å². The van der Waals surface area contributed by atoms with Crippen molar-refractivity contribution in [1.82, 2.24) is 15.2 Å². The van der Waals surface area contributed by atoms with Crippen LogP contribution in [-0.2, 0) is 6.42 Å². The van der Waals surface area contributed by atoms with Crippen LogP contribution in [0.5, 0.6) is 0 Å². The second-order valence-electron chi connectivity index (χ2n) is 5.49. The van der Waals surface area contributed by atoms with E-state index >= 15 is 0 Å². The molecule has 1 aromatic heterocycles. The van der Waals surface area contributed by atoms with E-state index in [0.717, 1.165) is 37.4 Å². The average molecular weight is 290 g/mol. The molecule has 2 N–H and O–H groups in total. The first-order chi connectivity index (χ1) is 10.2. The first kappa shape index (κ1) is 15.8. The van der Waals surface area contributed by atoms with Crippen molar-refractivity contribution in [3.8, 4) is 0 Å². The topological polar surface area (TPSA) is 57.3 Å². The van der Waals surface area contributed by atoms with Gasteiger partial charge < -0.3 is 15.5 Å². The number of aryl methyl sites for hydroxylation is 1. The third-order valence-corrected chi connectivity index (χ3v) is 3.89. The molecule has 5 heteroatoms. The minimum Gasteiger partial charge on any atom is -0.373 e. The Morgan fingerprint density at radius 1 is 1.33 bits per heavy atom. The highest BCUT2D eigenvalue weighted by atomic mass is 16.1. The predicted octanol–water partition coefficient (Wildman–Crippen LogP) is 1.90. The van der Waals surface area contributed by atoms with Crippen molar-refractivity contribution >= 4 is 11.7 Å². The molecule has 1 fully saturated rings. The molecule has 0 spiro atoms. The maximum atomic E-state index is 12.2. The Bertz CT molecular complexity index is 447. The standard InChI is InChI=1S/C16H26N4O/c1-3-14-11-13(12-15(17-2)19-14)16(21)18-7-6-10-20-8-4-5-9-20/h11-12H,3-10H2,1-2H3,(H,17,19)(H,18,21). The highest BCUT2D eigenvalue weighted by Gasteiger charge is 2.11. The van der Waals surface area contributed by atoms with E-state index in [-0.39, 0.29) is 5.91 Å². The monoisotopic (exact) mass is 290 g/mol. The molecule has 21 heavy (non-hydrogen) atoms. The Labute approximate surface area is 127 Å². The van der Waals surface area contributed by atoms with Crippen molar-refractivity contribution in [2.75, 3.05) is 38.5 Å². The van der Waals surface area contributed by atoms with Crippen LogP contribution in [0.1, 0.15) is 42.2 Å². The predicted molar refractivity (Wildman–Crippen MR) is 85.8 cm³/mol. The van der Waals surface area contributed by atoms with Gasteiger partial charge >= 0.3 is 0 Å². The Hall–Kier alpha value is -1.62. The van der Waals surface area contributed by atoms with Crippen LogP contribution < -0.4 is 10.6 Å². The number of hydrogen-bond acceptors (Lipinski definition) is 4. The molecule has 0 bridgehead atoms. The van der Waals surface area contributed by atoms with Crippen LogP contribution in [0.3, 0.4) is 0 Å². The van der Waals surface area contributed by atoms with E-state index in [9.17, 15) is 4.79 Å². The normalized spacial score (nSPS) is 15.1. The van der Waals surface area contributed by atoms with Crippen LogP contribution >= 0.6 is 0 Å². The van der Waals surface area contributed by atoms with Gasteiger partial charge in [-0.15, -0.1) is 0 Å². The first-order valence-electron chi connectivity index (χ1n) is 7.92. The van der Waals surface area contributed by atoms with Crippen LogP contribution in [0.4, 0.5) is 5.82 Å². The van der Waals surface area contributed by atoms with Gasteiger partial charge in [0.2, 0.25) is 0 Å². The summed E-state index contributed by atoms with van der Waals surface area (Å²) in [5, 5.41) is 6.01. The fourth-order valence-corrected chi connectivity index (χ4v) is 2.64. The van der Waals surface area contributed by atoms with E-state index in [1.54, 1.807) is 6.07 Å². The van der Waals surface area contributed by atoms with E-state index in [1.165, 1.54) is 25.9 Å². The van der Waals surface area contributed by atoms with Crippen molar-refractivity contribution in [2.24, 2.45) is 0 Å². The zero-order valence-corrected chi connectivity index (χ0v) is 13.1. The number of amides is 1. The Balaban J connectivity index is 1.81. The molecule has 2 rings (SSSR count). The number of likely N-dealkylation sites (tertiary alicyclic amines) is 1. The molecule has 1 aliphatic rings. The Morgan fingerprint density at radius 3 is 2.76 bits per heavy atom. The molecular formula is C16H26N4O. The van der Waals surface area contributed by atoms with Gasteiger partial charge in [-0.2, -0.15) is 0 Å². The van der Waals surface area contributed by atoms with Crippen molar-refractivity contribution in [3.05, 3.63) is 23.4 Å². The molecular weight excluding hydrogens is 264 g/mol. The SMILES string of the molecule is CCc1cc(C(=O)NCCCN2CCCC2)cc(NC)n1. The van der Waals surface area contributed by atoms with Crippen LogP contribution in [0.15, 0.2) is 12.1 Å². The Morgan fingerprint density at radius 2 is 2.10 bits per heavy atom. The molecule has 1 aromatic rings. The molecule has 116 valence electrons. The molecule has 1 aliphatic heterocycles. The quantitative estimate of drug-likeness (QED) is 0.753. The summed E-state index contributed by atoms with van der Waals surface area (Å²) in [6.07, 6.45) is 4.47. The first-order valence-corrected chi connectivity index (χ1v) is 7.92. The van der Waals surface area contributed by atoms with E-state index in [4.69, 9.17) is 0 Å². The highest BCUT2D eigenvalue weighted by Crippen LogP contribution is 2.11. The maximum absolute atomic E-state index is 12.2. The van der Waals surface area contributed by atoms with E-state index in [0.29, 0.717) is 5.56 Å². The van der Waals surface area contributed by atoms with Gasteiger partial charge in [-0.25, -0.2) is 4.98 Å². The maximum Gasteiger partial charge on any atom is 0.251 e. The summed E-state index contributed by atoms with van der Waals surface area (Å²) in [5.41, 5.74) is 1.62. The van der Waals surface area contributed by atoms with Gasteiger partial charge in [0.05, 0.1) is 0 Å². The summed E-state index contributed by atoms with van der Waals surface area (Å²) in [6, 6.07) is 3.67. The molecule has 0 saturated carbocycles. The lowest BCUT2D eigenvalue weighted by Gasteiger charge is -2.14. The number of aromatic nitrogens is 1. The second kappa shape index (κ2) is 7.98. The molecule has 2 heterocycles. The molecule has 5 nitrogen and oxygen atoms in total. The third-order valence-electron chi connectivity index (χ3n) is 3.89. The molecule has 0 radical (unpaired) electrons. The summed E-state index contributed by atoms with van der Waals surface area (Å²) in [5.74, 6) is 0.738. The number of carbonyl (C=O) groups is 1. The van der Waals surface area contributed by atoms with Gasteiger partial charge in [-0.05, 0) is 57.5 Å². The molecule has 0 atom stereocenters. The van der Waals surface area contributed by atoms with E-state index in [1.807, 2.05) is 20.0 Å². The number of pyridine rings is 1. The molecule has 0 aromatic carbocycles. The zero-order valence-electron chi connectivity index (χ0n) is 13.1. The fourth-order valence-electron chi connectivity index (χ4n) is 2.64. The summed E-state index contributed by atoms with van der Waals surface area (Å²) >= 11 is 0. The van der Waals surface area contributed by atoms with Crippen molar-refractivity contribution in [1.29, 1.82) is 0 Å². The minimum absolute atomic E-state index is 0.00924. The van der Waals surface area contributed by atoms with Crippen LogP contribution in [0, 0.1) is 0 Å². The van der Waals surface area contributed by atoms with Crippen molar-refractivity contribution in [2.45, 2.75) is 32.6 Å². The lowest BCUT2D eigenvalue weighted by molar-refractivity contribution is 0.0952. The number of hydrogen-bond donors (Lipinski definition) is 2. The largest absolute Gasteiger partial charge is 0.373 e. The Kier molecular flexibility index (Phi) is 5.99. The summed E-state index contributed by atoms with van der Waals surface area (Å²) < 4.78 is 0. The molecule has 0 unspecified atom stereocenters. The van der Waals surface area contributed by atoms with Crippen LogP contribution in [0.2, 0.25) is 0 Å². The van der Waals surface area contributed by atoms with Gasteiger partial charge in [-0.3, -0.25) is 4.79 Å². The molecule has 0 aliphatic carbocycles. The third kappa shape index (κ3) is 4.70. The summed E-state index contributed by atoms with van der Waals surface area (Å²) in [6.45, 7) is 6.28. The van der Waals surface area contributed by atoms with Crippen LogP contribution in [0.25, 0.3) is 0 Å². The summed E-state index contributed by atoms with van der Waals surface area (Å²) in [4.78, 5) is 19.1. The lowest BCUT2D eigenvalue weighted by atomic mass is 10.2. The van der Waals surface area contributed by atoms with E-state index < -0.39 is 0 Å². The van der Waals surface area contributed by atoms with Gasteiger partial charge in [0, 0.05) is 24.8 Å². The second-order valence-corrected chi connectivity index (χ2v) is 5.49. The number of anilines is 1. The van der Waals surface area contributed by atoms with Crippen molar-refractivity contribution in [3.63, 3.8) is 0 Å². The highest BCUT2D eigenvalue weighted by molar-refractivity contribution is 5.95. The number of nitrogens with one attached hydrogen (secondary N) is 2. The summed E-state index contributed by atoms with van der Waals surface area (Å²) in [7, 11) is 1.82. The number of carbonyl (C=O) groups excluding carboxylic acids is 1. The molecule has 1 saturated heterocycles. The zero-order chi connectivity index (χ0) is 15.1. The number of nitrogens with zero attached hydrogens (tertiary/aromatic N) is 2. The van der Waals surface area contributed by atoms with Gasteiger partial charge in [0.15, 0.2) is 0 Å². The fraction of sp³-hybridized carbons (Fsp3) is 0.625. The lowest BCUT2D eigenvalue weighted by Crippen LogP contribution is -2.28. The van der Waals surface area contributed by atoms with Crippen molar-refractivity contribution < 1.29 is 4.79 Å². The van der Waals surface area contributed by atoms with Gasteiger partial charge in [-0.1, -0.05) is 6.92 Å². The smallest absolute Gasteiger partial charge is 0.251 e. The van der Waals surface area contributed by atoms with Gasteiger partial charge in [0.25, 0.3) is 5.91 Å². The van der Waals surface area contributed by atoms with Gasteiger partial charge in [0.1, 0.15) is 5.82 Å². The minimum atomic E-state index is -0.00924. The number of rotatable bonds is 7.